The van der Waals surface area contributed by atoms with Crippen LogP contribution in [0.3, 0.4) is 0 Å². The number of aromatic nitrogens is 5. The molecule has 0 bridgehead atoms. The van der Waals surface area contributed by atoms with Gasteiger partial charge in [-0.2, -0.15) is 5.21 Å². The molecule has 36 heavy (non-hydrogen) atoms. The monoisotopic (exact) mass is 484 g/mol. The summed E-state index contributed by atoms with van der Waals surface area (Å²) in [7, 11) is 0. The molecule has 2 N–H and O–H groups in total. The third kappa shape index (κ3) is 5.94. The van der Waals surface area contributed by atoms with Crippen LogP contribution >= 0.6 is 0 Å². The number of tetrazole rings is 1. The van der Waals surface area contributed by atoms with Gasteiger partial charge in [0.1, 0.15) is 0 Å². The number of benzene rings is 2. The molecule has 0 saturated heterocycles. The number of carbonyl (C=O) groups is 1. The molecule has 2 aromatic heterocycles. The Balaban J connectivity index is 1.60. The molecule has 0 unspecified atom stereocenters. The predicted molar refractivity (Wildman–Crippen MR) is 140 cm³/mol. The van der Waals surface area contributed by atoms with E-state index in [-0.39, 0.29) is 18.0 Å². The fourth-order valence-corrected chi connectivity index (χ4v) is 4.23. The van der Waals surface area contributed by atoms with Gasteiger partial charge in [-0.15, -0.1) is 10.2 Å². The van der Waals surface area contributed by atoms with Gasteiger partial charge >= 0.3 is 0 Å². The highest BCUT2D eigenvalue weighted by Crippen LogP contribution is 2.29. The number of nitrogens with zero attached hydrogens (tertiary/aromatic N) is 4. The first-order valence-electron chi connectivity index (χ1n) is 12.5. The number of H-pyrrole nitrogens is 1. The molecule has 0 aliphatic rings. The van der Waals surface area contributed by atoms with Crippen LogP contribution in [-0.2, 0) is 24.3 Å². The third-order valence-corrected chi connectivity index (χ3v) is 6.20. The van der Waals surface area contributed by atoms with Gasteiger partial charge in [0, 0.05) is 29.8 Å². The van der Waals surface area contributed by atoms with Crippen molar-refractivity contribution in [3.05, 3.63) is 87.8 Å². The molecule has 2 heterocycles. The fourth-order valence-electron chi connectivity index (χ4n) is 4.23. The standard InChI is InChI=1S/C28H32N6O2/c1-3-5-9-23-17-16-22(18-29-26(35)8-4-2)28(36)34(23)19-20-12-14-21(15-13-20)24-10-6-7-11-25(24)27-30-32-33-31-27/h6-7,10-17H,3-5,8-9,18-19H2,1-2H3,(H,29,35)(H,30,31,32,33). The van der Waals surface area contributed by atoms with E-state index in [1.54, 1.807) is 0 Å². The van der Waals surface area contributed by atoms with Gasteiger partial charge in [0.2, 0.25) is 11.7 Å². The van der Waals surface area contributed by atoms with Crippen LogP contribution in [0.15, 0.2) is 65.5 Å². The Labute approximate surface area is 210 Å². The minimum absolute atomic E-state index is 0.0322. The van der Waals surface area contributed by atoms with E-state index in [1.807, 2.05) is 60.0 Å². The van der Waals surface area contributed by atoms with Crippen LogP contribution in [0.4, 0.5) is 0 Å². The summed E-state index contributed by atoms with van der Waals surface area (Å²) in [5.74, 6) is 0.514. The van der Waals surface area contributed by atoms with Crippen LogP contribution in [0, 0.1) is 0 Å². The summed E-state index contributed by atoms with van der Waals surface area (Å²) in [6.07, 6.45) is 4.15. The summed E-state index contributed by atoms with van der Waals surface area (Å²) in [4.78, 5) is 25.3. The van der Waals surface area contributed by atoms with Crippen molar-refractivity contribution in [1.29, 1.82) is 0 Å². The van der Waals surface area contributed by atoms with E-state index in [0.29, 0.717) is 24.4 Å². The normalized spacial score (nSPS) is 10.9. The molecule has 0 radical (unpaired) electrons. The number of unbranched alkanes of at least 4 members (excludes halogenated alkanes) is 1. The summed E-state index contributed by atoms with van der Waals surface area (Å²) in [6, 6.07) is 20.0. The molecule has 0 atom stereocenters. The molecule has 0 saturated carbocycles. The zero-order valence-corrected chi connectivity index (χ0v) is 20.8. The molecule has 186 valence electrons. The van der Waals surface area contributed by atoms with Crippen LogP contribution in [0.25, 0.3) is 22.5 Å². The van der Waals surface area contributed by atoms with E-state index in [9.17, 15) is 9.59 Å². The number of nitrogens with one attached hydrogen (secondary N) is 2. The average Bonchev–Trinajstić information content (AvgIpc) is 3.44. The van der Waals surface area contributed by atoms with E-state index < -0.39 is 0 Å². The fraction of sp³-hybridized carbons (Fsp3) is 0.321. The summed E-state index contributed by atoms with van der Waals surface area (Å²) in [5, 5.41) is 17.3. The minimum Gasteiger partial charge on any atom is -0.352 e. The van der Waals surface area contributed by atoms with Crippen molar-refractivity contribution in [2.24, 2.45) is 0 Å². The predicted octanol–water partition coefficient (Wildman–Crippen LogP) is 4.50. The lowest BCUT2D eigenvalue weighted by atomic mass is 9.98. The number of pyridine rings is 1. The van der Waals surface area contributed by atoms with Gasteiger partial charge in [0.05, 0.1) is 6.54 Å². The van der Waals surface area contributed by atoms with E-state index in [4.69, 9.17) is 0 Å². The summed E-state index contributed by atoms with van der Waals surface area (Å²) in [5.41, 5.74) is 5.54. The van der Waals surface area contributed by atoms with Crippen LogP contribution < -0.4 is 10.9 Å². The van der Waals surface area contributed by atoms with Crippen molar-refractivity contribution in [3.63, 3.8) is 0 Å². The van der Waals surface area contributed by atoms with Crippen LogP contribution in [0.1, 0.15) is 56.4 Å². The molecular weight excluding hydrogens is 452 g/mol. The summed E-state index contributed by atoms with van der Waals surface area (Å²) >= 11 is 0. The highest BCUT2D eigenvalue weighted by atomic mass is 16.1. The maximum absolute atomic E-state index is 13.4. The van der Waals surface area contributed by atoms with Crippen molar-refractivity contribution >= 4 is 5.91 Å². The van der Waals surface area contributed by atoms with Gasteiger partial charge < -0.3 is 9.88 Å². The van der Waals surface area contributed by atoms with E-state index in [2.05, 4.69) is 45.0 Å². The molecule has 1 amide bonds. The highest BCUT2D eigenvalue weighted by Gasteiger charge is 2.13. The average molecular weight is 485 g/mol. The van der Waals surface area contributed by atoms with Crippen molar-refractivity contribution in [3.8, 4) is 22.5 Å². The van der Waals surface area contributed by atoms with E-state index in [1.165, 1.54) is 0 Å². The molecule has 0 spiro atoms. The van der Waals surface area contributed by atoms with Crippen LogP contribution in [-0.4, -0.2) is 31.1 Å². The van der Waals surface area contributed by atoms with Gasteiger partial charge in [-0.1, -0.05) is 68.8 Å². The maximum Gasteiger partial charge on any atom is 0.256 e. The summed E-state index contributed by atoms with van der Waals surface area (Å²) in [6.45, 7) is 4.83. The Bertz CT molecular complexity index is 1340. The first kappa shape index (κ1) is 25.0. The zero-order chi connectivity index (χ0) is 25.3. The van der Waals surface area contributed by atoms with Gasteiger partial charge in [-0.05, 0) is 53.3 Å². The molecule has 8 nitrogen and oxygen atoms in total. The lowest BCUT2D eigenvalue weighted by molar-refractivity contribution is -0.121. The SMILES string of the molecule is CCCCc1ccc(CNC(=O)CCC)c(=O)n1Cc1ccc(-c2ccccc2-c2nn[nH]n2)cc1. The Morgan fingerprint density at radius 2 is 1.75 bits per heavy atom. The highest BCUT2D eigenvalue weighted by molar-refractivity contribution is 5.80. The topological polar surface area (TPSA) is 106 Å². The van der Waals surface area contributed by atoms with Crippen LogP contribution in [0.5, 0.6) is 0 Å². The van der Waals surface area contributed by atoms with Gasteiger partial charge in [-0.3, -0.25) is 9.59 Å². The lowest BCUT2D eigenvalue weighted by Gasteiger charge is -2.16. The number of amides is 1. The number of hydrogen-bond acceptors (Lipinski definition) is 5. The Morgan fingerprint density at radius 3 is 2.44 bits per heavy atom. The first-order chi connectivity index (χ1) is 17.6. The Morgan fingerprint density at radius 1 is 0.972 bits per heavy atom. The second kappa shape index (κ2) is 12.1. The molecular formula is C28H32N6O2. The second-order valence-electron chi connectivity index (χ2n) is 8.85. The van der Waals surface area contributed by atoms with Crippen molar-refractivity contribution < 1.29 is 4.79 Å². The summed E-state index contributed by atoms with van der Waals surface area (Å²) < 4.78 is 1.85. The minimum atomic E-state index is -0.0491. The largest absolute Gasteiger partial charge is 0.352 e. The molecule has 0 fully saturated rings. The zero-order valence-electron chi connectivity index (χ0n) is 20.8. The number of aryl methyl sites for hydroxylation is 1. The number of aromatic amines is 1. The Kier molecular flexibility index (Phi) is 8.39. The molecule has 4 rings (SSSR count). The first-order valence-corrected chi connectivity index (χ1v) is 12.5. The van der Waals surface area contributed by atoms with Gasteiger partial charge in [0.25, 0.3) is 5.56 Å². The van der Waals surface area contributed by atoms with Crippen molar-refractivity contribution in [2.75, 3.05) is 0 Å². The number of rotatable bonds is 11. The van der Waals surface area contributed by atoms with Crippen molar-refractivity contribution in [2.45, 2.75) is 59.0 Å². The smallest absolute Gasteiger partial charge is 0.256 e. The molecule has 0 aliphatic heterocycles. The third-order valence-electron chi connectivity index (χ3n) is 6.20. The van der Waals surface area contributed by atoms with Gasteiger partial charge in [0.15, 0.2) is 0 Å². The van der Waals surface area contributed by atoms with E-state index in [0.717, 1.165) is 53.6 Å². The van der Waals surface area contributed by atoms with Gasteiger partial charge in [-0.25, -0.2) is 0 Å². The number of hydrogen-bond donors (Lipinski definition) is 2. The maximum atomic E-state index is 13.4. The molecule has 2 aromatic carbocycles. The number of carbonyl (C=O) groups excluding carboxylic acids is 1. The lowest BCUT2D eigenvalue weighted by Crippen LogP contribution is -2.31. The molecule has 0 aliphatic carbocycles. The molecule has 4 aromatic rings. The Hall–Kier alpha value is -4.07. The van der Waals surface area contributed by atoms with Crippen LogP contribution in [0.2, 0.25) is 0 Å². The van der Waals surface area contributed by atoms with E-state index >= 15 is 0 Å². The quantitative estimate of drug-likeness (QED) is 0.326. The second-order valence-corrected chi connectivity index (χ2v) is 8.85. The molecule has 8 heteroatoms. The van der Waals surface area contributed by atoms with Crippen molar-refractivity contribution in [1.82, 2.24) is 30.5 Å².